The third-order valence-corrected chi connectivity index (χ3v) is 8.06. The smallest absolute Gasteiger partial charge is 0.254 e. The van der Waals surface area contributed by atoms with Gasteiger partial charge in [-0.05, 0) is 49.3 Å². The molecule has 5 nitrogen and oxygen atoms in total. The van der Waals surface area contributed by atoms with Gasteiger partial charge in [-0.1, -0.05) is 24.3 Å². The Morgan fingerprint density at radius 1 is 1.15 bits per heavy atom. The van der Waals surface area contributed by atoms with Crippen molar-refractivity contribution >= 4 is 27.3 Å². The van der Waals surface area contributed by atoms with Crippen LogP contribution < -0.4 is 4.72 Å². The second-order valence-electron chi connectivity index (χ2n) is 6.92. The van der Waals surface area contributed by atoms with Crippen molar-refractivity contribution in [3.8, 4) is 0 Å². The molecule has 1 unspecified atom stereocenters. The Hall–Kier alpha value is -1.70. The molecular formula is C19H22N2O3S2. The van der Waals surface area contributed by atoms with Gasteiger partial charge in [-0.15, -0.1) is 11.3 Å². The Labute approximate surface area is 158 Å². The van der Waals surface area contributed by atoms with Crippen LogP contribution in [0.3, 0.4) is 0 Å². The molecule has 7 heteroatoms. The summed E-state index contributed by atoms with van der Waals surface area (Å²) in [5, 5.41) is 1.66. The van der Waals surface area contributed by atoms with E-state index in [4.69, 9.17) is 0 Å². The quantitative estimate of drug-likeness (QED) is 0.871. The summed E-state index contributed by atoms with van der Waals surface area (Å²) in [6, 6.07) is 9.31. The fourth-order valence-corrected chi connectivity index (χ4v) is 6.21. The molecule has 1 atom stereocenters. The molecule has 1 fully saturated rings. The van der Waals surface area contributed by atoms with E-state index in [0.717, 1.165) is 62.1 Å². The third kappa shape index (κ3) is 3.43. The van der Waals surface area contributed by atoms with Gasteiger partial charge in [-0.3, -0.25) is 4.79 Å². The highest BCUT2D eigenvalue weighted by molar-refractivity contribution is 7.91. The molecule has 26 heavy (non-hydrogen) atoms. The number of carbonyl (C=O) groups excluding carboxylic acids is 1. The number of benzene rings is 1. The number of hydrogen-bond acceptors (Lipinski definition) is 4. The maximum Gasteiger partial charge on any atom is 0.254 e. The molecule has 2 aromatic rings. The zero-order valence-corrected chi connectivity index (χ0v) is 16.1. The molecule has 1 aromatic carbocycles. The summed E-state index contributed by atoms with van der Waals surface area (Å²) >= 11 is 1.12. The Bertz CT molecular complexity index is 914. The standard InChI is InChI=1S/C19H22N2O3S2/c22-19(21-10-3-4-11-21)15-12-18(25-13-15)26(23,24)20-17-9-5-7-14-6-1-2-8-16(14)17/h1-2,6,8,12-13,17,20H,3-5,7,9-11H2. The zero-order chi connectivity index (χ0) is 18.1. The van der Waals surface area contributed by atoms with Crippen molar-refractivity contribution in [3.05, 3.63) is 52.4 Å². The Balaban J connectivity index is 1.54. The lowest BCUT2D eigenvalue weighted by atomic mass is 9.88. The van der Waals surface area contributed by atoms with Gasteiger partial charge in [0.2, 0.25) is 0 Å². The van der Waals surface area contributed by atoms with Crippen molar-refractivity contribution < 1.29 is 13.2 Å². The molecule has 0 radical (unpaired) electrons. The molecule has 0 bridgehead atoms. The van der Waals surface area contributed by atoms with E-state index in [1.807, 2.05) is 18.2 Å². The van der Waals surface area contributed by atoms with Crippen molar-refractivity contribution in [3.63, 3.8) is 0 Å². The van der Waals surface area contributed by atoms with Crippen LogP contribution in [0, 0.1) is 0 Å². The van der Waals surface area contributed by atoms with Crippen molar-refractivity contribution in [2.24, 2.45) is 0 Å². The van der Waals surface area contributed by atoms with Gasteiger partial charge in [-0.25, -0.2) is 13.1 Å². The lowest BCUT2D eigenvalue weighted by Gasteiger charge is -2.25. The number of rotatable bonds is 4. The number of aryl methyl sites for hydroxylation is 1. The molecule has 138 valence electrons. The molecule has 1 amide bonds. The second kappa shape index (κ2) is 7.13. The van der Waals surface area contributed by atoms with E-state index in [0.29, 0.717) is 5.56 Å². The fraction of sp³-hybridized carbons (Fsp3) is 0.421. The topological polar surface area (TPSA) is 66.5 Å². The first-order valence-electron chi connectivity index (χ1n) is 9.02. The molecule has 2 heterocycles. The fourth-order valence-electron chi connectivity index (χ4n) is 3.79. The van der Waals surface area contributed by atoms with Crippen LogP contribution in [0.25, 0.3) is 0 Å². The maximum absolute atomic E-state index is 12.8. The molecule has 4 rings (SSSR count). The first-order valence-corrected chi connectivity index (χ1v) is 11.4. The zero-order valence-electron chi connectivity index (χ0n) is 14.5. The Morgan fingerprint density at radius 3 is 2.73 bits per heavy atom. The third-order valence-electron chi connectivity index (χ3n) is 5.15. The summed E-state index contributed by atoms with van der Waals surface area (Å²) in [6.45, 7) is 1.52. The number of hydrogen-bond donors (Lipinski definition) is 1. The van der Waals surface area contributed by atoms with Gasteiger partial charge >= 0.3 is 0 Å². The van der Waals surface area contributed by atoms with E-state index in [1.54, 1.807) is 10.3 Å². The molecule has 1 aliphatic carbocycles. The summed E-state index contributed by atoms with van der Waals surface area (Å²) in [5.74, 6) is -0.0665. The first-order chi connectivity index (χ1) is 12.5. The number of fused-ring (bicyclic) bond motifs is 1. The Kier molecular flexibility index (Phi) is 4.86. The number of nitrogens with zero attached hydrogens (tertiary/aromatic N) is 1. The van der Waals surface area contributed by atoms with Crippen LogP contribution >= 0.6 is 11.3 Å². The number of thiophene rings is 1. The van der Waals surface area contributed by atoms with Gasteiger partial charge in [0.05, 0.1) is 5.56 Å². The first kappa shape index (κ1) is 17.7. The molecular weight excluding hydrogens is 368 g/mol. The van der Waals surface area contributed by atoms with Gasteiger partial charge in [0, 0.05) is 24.5 Å². The number of likely N-dealkylation sites (tertiary alicyclic amines) is 1. The number of carbonyl (C=O) groups is 1. The molecule has 1 N–H and O–H groups in total. The van der Waals surface area contributed by atoms with Crippen molar-refractivity contribution in [1.29, 1.82) is 0 Å². The van der Waals surface area contributed by atoms with Crippen LogP contribution in [0.5, 0.6) is 0 Å². The average molecular weight is 391 g/mol. The summed E-state index contributed by atoms with van der Waals surface area (Å²) in [6.07, 6.45) is 4.78. The van der Waals surface area contributed by atoms with E-state index in [2.05, 4.69) is 10.8 Å². The van der Waals surface area contributed by atoms with Gasteiger partial charge < -0.3 is 4.90 Å². The van der Waals surface area contributed by atoms with Gasteiger partial charge in [0.15, 0.2) is 0 Å². The van der Waals surface area contributed by atoms with Crippen LogP contribution in [0.15, 0.2) is 39.9 Å². The molecule has 1 aromatic heterocycles. The Morgan fingerprint density at radius 2 is 1.92 bits per heavy atom. The van der Waals surface area contributed by atoms with Crippen molar-refractivity contribution in [2.75, 3.05) is 13.1 Å². The minimum absolute atomic E-state index is 0.0665. The second-order valence-corrected chi connectivity index (χ2v) is 9.77. The SMILES string of the molecule is O=C(c1csc(S(=O)(=O)NC2CCCc3ccccc32)c1)N1CCCC1. The van der Waals surface area contributed by atoms with E-state index in [1.165, 1.54) is 11.6 Å². The summed E-state index contributed by atoms with van der Waals surface area (Å²) < 4.78 is 28.7. The van der Waals surface area contributed by atoms with Crippen LogP contribution in [0.1, 0.15) is 53.2 Å². The minimum atomic E-state index is -3.64. The van der Waals surface area contributed by atoms with Gasteiger partial charge in [-0.2, -0.15) is 0 Å². The molecule has 0 spiro atoms. The minimum Gasteiger partial charge on any atom is -0.339 e. The van der Waals surface area contributed by atoms with Crippen LogP contribution in [0.2, 0.25) is 0 Å². The summed E-state index contributed by atoms with van der Waals surface area (Å²) in [7, 11) is -3.64. The average Bonchev–Trinajstić information content (AvgIpc) is 3.33. The van der Waals surface area contributed by atoms with E-state index in [-0.39, 0.29) is 16.2 Å². The highest BCUT2D eigenvalue weighted by Crippen LogP contribution is 2.32. The van der Waals surface area contributed by atoms with E-state index < -0.39 is 10.0 Å². The van der Waals surface area contributed by atoms with Crippen molar-refractivity contribution in [1.82, 2.24) is 9.62 Å². The highest BCUT2D eigenvalue weighted by atomic mass is 32.2. The summed E-state index contributed by atoms with van der Waals surface area (Å²) in [4.78, 5) is 14.3. The lowest BCUT2D eigenvalue weighted by molar-refractivity contribution is 0.0793. The van der Waals surface area contributed by atoms with E-state index in [9.17, 15) is 13.2 Å². The molecule has 1 aliphatic heterocycles. The van der Waals surface area contributed by atoms with Crippen LogP contribution in [0.4, 0.5) is 0 Å². The largest absolute Gasteiger partial charge is 0.339 e. The number of nitrogens with one attached hydrogen (secondary N) is 1. The number of sulfonamides is 1. The maximum atomic E-state index is 12.8. The molecule has 0 saturated carbocycles. The van der Waals surface area contributed by atoms with Crippen molar-refractivity contribution in [2.45, 2.75) is 42.4 Å². The predicted molar refractivity (Wildman–Crippen MR) is 102 cm³/mol. The van der Waals surface area contributed by atoms with Gasteiger partial charge in [0.25, 0.3) is 15.9 Å². The monoisotopic (exact) mass is 390 g/mol. The lowest BCUT2D eigenvalue weighted by Crippen LogP contribution is -2.30. The van der Waals surface area contributed by atoms with Crippen LogP contribution in [-0.4, -0.2) is 32.3 Å². The normalized spacial score (nSPS) is 20.2. The predicted octanol–water partition coefficient (Wildman–Crippen LogP) is 3.34. The number of amides is 1. The van der Waals surface area contributed by atoms with Gasteiger partial charge in [0.1, 0.15) is 4.21 Å². The molecule has 1 saturated heterocycles. The molecule has 2 aliphatic rings. The highest BCUT2D eigenvalue weighted by Gasteiger charge is 2.28. The van der Waals surface area contributed by atoms with E-state index >= 15 is 0 Å². The summed E-state index contributed by atoms with van der Waals surface area (Å²) in [5.41, 5.74) is 2.75. The van der Waals surface area contributed by atoms with Crippen LogP contribution in [-0.2, 0) is 16.4 Å².